The van der Waals surface area contributed by atoms with Crippen LogP contribution in [0.3, 0.4) is 0 Å². The molecule has 1 N–H and O–H groups in total. The van der Waals surface area contributed by atoms with Crippen molar-refractivity contribution >= 4 is 21.6 Å². The number of benzene rings is 2. The molecule has 0 saturated carbocycles. The summed E-state index contributed by atoms with van der Waals surface area (Å²) in [7, 11) is -3.65. The maximum Gasteiger partial charge on any atom is 0.243 e. The van der Waals surface area contributed by atoms with Crippen LogP contribution >= 0.6 is 0 Å². The van der Waals surface area contributed by atoms with Gasteiger partial charge in [0.1, 0.15) is 11.8 Å². The van der Waals surface area contributed by atoms with Crippen molar-refractivity contribution in [2.45, 2.75) is 32.7 Å². The van der Waals surface area contributed by atoms with Gasteiger partial charge in [0.15, 0.2) is 0 Å². The van der Waals surface area contributed by atoms with E-state index in [4.69, 9.17) is 4.74 Å². The van der Waals surface area contributed by atoms with E-state index < -0.39 is 16.1 Å². The van der Waals surface area contributed by atoms with Gasteiger partial charge in [-0.1, -0.05) is 37.3 Å². The lowest BCUT2D eigenvalue weighted by Gasteiger charge is -2.28. The normalized spacial score (nSPS) is 13.4. The zero-order chi connectivity index (χ0) is 20.7. The van der Waals surface area contributed by atoms with Gasteiger partial charge in [-0.3, -0.25) is 9.10 Å². The first-order valence-electron chi connectivity index (χ1n) is 9.29. The van der Waals surface area contributed by atoms with Gasteiger partial charge in [0.2, 0.25) is 15.9 Å². The smallest absolute Gasteiger partial charge is 0.243 e. The van der Waals surface area contributed by atoms with Crippen molar-refractivity contribution in [2.24, 2.45) is 0 Å². The van der Waals surface area contributed by atoms with Gasteiger partial charge in [-0.05, 0) is 49.6 Å². The molecule has 0 spiro atoms. The number of carbonyl (C=O) groups is 1. The second-order valence-corrected chi connectivity index (χ2v) is 8.58. The van der Waals surface area contributed by atoms with Crippen molar-refractivity contribution in [3.8, 4) is 5.75 Å². The quantitative estimate of drug-likeness (QED) is 0.697. The Kier molecular flexibility index (Phi) is 7.45. The highest BCUT2D eigenvalue weighted by Gasteiger charge is 2.29. The Labute approximate surface area is 167 Å². The standard InChI is InChI=1S/C21H28N2O4S/c1-5-27-20-13-11-19(12-14-20)23(28(4,25)26)17(3)21(24)22-15-16(2)18-9-7-6-8-10-18/h6-14,16-17H,5,15H2,1-4H3,(H,22,24)/t16-,17-/m0/s1. The van der Waals surface area contributed by atoms with Crippen LogP contribution in [0.4, 0.5) is 5.69 Å². The molecular weight excluding hydrogens is 376 g/mol. The molecule has 28 heavy (non-hydrogen) atoms. The number of hydrogen-bond acceptors (Lipinski definition) is 4. The van der Waals surface area contributed by atoms with Gasteiger partial charge in [-0.2, -0.15) is 0 Å². The predicted octanol–water partition coefficient (Wildman–Crippen LogP) is 3.16. The van der Waals surface area contributed by atoms with Crippen LogP contribution in [0.1, 0.15) is 32.3 Å². The minimum Gasteiger partial charge on any atom is -0.494 e. The molecule has 0 radical (unpaired) electrons. The highest BCUT2D eigenvalue weighted by molar-refractivity contribution is 7.92. The number of sulfonamides is 1. The lowest BCUT2D eigenvalue weighted by Crippen LogP contribution is -2.48. The molecule has 2 aromatic rings. The van der Waals surface area contributed by atoms with Crippen molar-refractivity contribution < 1.29 is 17.9 Å². The molecule has 0 fully saturated rings. The van der Waals surface area contributed by atoms with Gasteiger partial charge in [0, 0.05) is 6.54 Å². The van der Waals surface area contributed by atoms with Crippen molar-refractivity contribution in [3.05, 3.63) is 60.2 Å². The van der Waals surface area contributed by atoms with Gasteiger partial charge in [-0.25, -0.2) is 8.42 Å². The number of carbonyl (C=O) groups excluding carboxylic acids is 1. The first-order valence-corrected chi connectivity index (χ1v) is 11.1. The molecule has 2 rings (SSSR count). The van der Waals surface area contributed by atoms with Crippen molar-refractivity contribution in [3.63, 3.8) is 0 Å². The molecule has 2 atom stereocenters. The number of hydrogen-bond donors (Lipinski definition) is 1. The fourth-order valence-corrected chi connectivity index (χ4v) is 4.14. The summed E-state index contributed by atoms with van der Waals surface area (Å²) in [6.07, 6.45) is 1.10. The molecule has 0 aliphatic rings. The number of ether oxygens (including phenoxy) is 1. The fraction of sp³-hybridized carbons (Fsp3) is 0.381. The van der Waals surface area contributed by atoms with Crippen LogP contribution in [-0.4, -0.2) is 39.8 Å². The summed E-state index contributed by atoms with van der Waals surface area (Å²) in [5, 5.41) is 2.86. The van der Waals surface area contributed by atoms with E-state index in [9.17, 15) is 13.2 Å². The minimum absolute atomic E-state index is 0.120. The van der Waals surface area contributed by atoms with E-state index >= 15 is 0 Å². The number of rotatable bonds is 9. The lowest BCUT2D eigenvalue weighted by atomic mass is 10.0. The van der Waals surface area contributed by atoms with Gasteiger partial charge in [-0.15, -0.1) is 0 Å². The zero-order valence-electron chi connectivity index (χ0n) is 16.8. The summed E-state index contributed by atoms with van der Waals surface area (Å²) in [4.78, 5) is 12.7. The van der Waals surface area contributed by atoms with Crippen LogP contribution in [0.25, 0.3) is 0 Å². The Morgan fingerprint density at radius 1 is 1.07 bits per heavy atom. The molecule has 0 aliphatic carbocycles. The third-order valence-electron chi connectivity index (χ3n) is 4.44. The third-order valence-corrected chi connectivity index (χ3v) is 5.68. The summed E-state index contributed by atoms with van der Waals surface area (Å²) in [5.74, 6) is 0.421. The molecule has 0 heterocycles. The van der Waals surface area contributed by atoms with E-state index in [-0.39, 0.29) is 11.8 Å². The summed E-state index contributed by atoms with van der Waals surface area (Å²) < 4.78 is 31.2. The average molecular weight is 405 g/mol. The molecule has 0 aliphatic heterocycles. The molecule has 0 unspecified atom stereocenters. The van der Waals surface area contributed by atoms with Crippen molar-refractivity contribution in [1.29, 1.82) is 0 Å². The van der Waals surface area contributed by atoms with E-state index in [0.29, 0.717) is 24.6 Å². The Morgan fingerprint density at radius 2 is 1.68 bits per heavy atom. The Bertz CT molecular complexity index is 867. The Balaban J connectivity index is 2.11. The molecule has 1 amide bonds. The first kappa shape index (κ1) is 21.8. The SMILES string of the molecule is CCOc1ccc(N([C@@H](C)C(=O)NC[C@H](C)c2ccccc2)S(C)(=O)=O)cc1. The predicted molar refractivity (Wildman–Crippen MR) is 112 cm³/mol. The highest BCUT2D eigenvalue weighted by Crippen LogP contribution is 2.24. The van der Waals surface area contributed by atoms with Crippen molar-refractivity contribution in [2.75, 3.05) is 23.7 Å². The third kappa shape index (κ3) is 5.73. The largest absolute Gasteiger partial charge is 0.494 e. The summed E-state index contributed by atoms with van der Waals surface area (Å²) in [6, 6.07) is 15.6. The minimum atomic E-state index is -3.65. The van der Waals surface area contributed by atoms with Crippen LogP contribution < -0.4 is 14.4 Å². The van der Waals surface area contributed by atoms with Crippen LogP contribution in [0.5, 0.6) is 5.75 Å². The molecule has 0 saturated heterocycles. The number of anilines is 1. The summed E-state index contributed by atoms with van der Waals surface area (Å²) >= 11 is 0. The number of nitrogens with zero attached hydrogens (tertiary/aromatic N) is 1. The maximum atomic E-state index is 12.7. The number of nitrogens with one attached hydrogen (secondary N) is 1. The molecule has 0 aromatic heterocycles. The van der Waals surface area contributed by atoms with Crippen LogP contribution in [0.15, 0.2) is 54.6 Å². The van der Waals surface area contributed by atoms with Crippen LogP contribution in [0.2, 0.25) is 0 Å². The van der Waals surface area contributed by atoms with Crippen molar-refractivity contribution in [1.82, 2.24) is 5.32 Å². The topological polar surface area (TPSA) is 75.7 Å². The summed E-state index contributed by atoms with van der Waals surface area (Å²) in [6.45, 7) is 6.42. The molecule has 152 valence electrons. The monoisotopic (exact) mass is 404 g/mol. The van der Waals surface area contributed by atoms with Gasteiger partial charge >= 0.3 is 0 Å². The van der Waals surface area contributed by atoms with E-state index in [1.165, 1.54) is 0 Å². The molecular formula is C21H28N2O4S. The Hall–Kier alpha value is -2.54. The average Bonchev–Trinajstić information content (AvgIpc) is 2.67. The van der Waals surface area contributed by atoms with E-state index in [2.05, 4.69) is 5.32 Å². The van der Waals surface area contributed by atoms with Gasteiger partial charge < -0.3 is 10.1 Å². The lowest BCUT2D eigenvalue weighted by molar-refractivity contribution is -0.121. The van der Waals surface area contributed by atoms with Gasteiger partial charge in [0.05, 0.1) is 18.6 Å². The second-order valence-electron chi connectivity index (χ2n) is 6.72. The first-order chi connectivity index (χ1) is 13.2. The molecule has 0 bridgehead atoms. The van der Waals surface area contributed by atoms with Crippen LogP contribution in [-0.2, 0) is 14.8 Å². The van der Waals surface area contributed by atoms with E-state index in [1.807, 2.05) is 44.2 Å². The Morgan fingerprint density at radius 3 is 2.21 bits per heavy atom. The molecule has 6 nitrogen and oxygen atoms in total. The molecule has 7 heteroatoms. The maximum absolute atomic E-state index is 12.7. The second kappa shape index (κ2) is 9.59. The van der Waals surface area contributed by atoms with Gasteiger partial charge in [0.25, 0.3) is 0 Å². The zero-order valence-corrected chi connectivity index (χ0v) is 17.6. The number of amides is 1. The van der Waals surface area contributed by atoms with Crippen LogP contribution in [0, 0.1) is 0 Å². The molecule has 2 aromatic carbocycles. The van der Waals surface area contributed by atoms with E-state index in [1.54, 1.807) is 31.2 Å². The van der Waals surface area contributed by atoms with E-state index in [0.717, 1.165) is 16.1 Å². The highest BCUT2D eigenvalue weighted by atomic mass is 32.2. The summed E-state index contributed by atoms with van der Waals surface area (Å²) in [5.41, 5.74) is 1.53. The fourth-order valence-electron chi connectivity index (χ4n) is 2.97.